The monoisotopic (exact) mass is 526 g/mol. The van der Waals surface area contributed by atoms with Gasteiger partial charge in [-0.3, -0.25) is 9.20 Å². The van der Waals surface area contributed by atoms with Crippen LogP contribution < -0.4 is 16.2 Å². The van der Waals surface area contributed by atoms with Gasteiger partial charge in [-0.15, -0.1) is 0 Å². The van der Waals surface area contributed by atoms with Crippen molar-refractivity contribution in [1.82, 2.24) is 14.7 Å². The number of aliphatic hydroxyl groups excluding tert-OH is 2. The average Bonchev–Trinajstić information content (AvgIpc) is 2.82. The summed E-state index contributed by atoms with van der Waals surface area (Å²) in [4.78, 5) is 26.3. The molecule has 3 heterocycles. The minimum absolute atomic E-state index is 0.154. The predicted octanol–water partition coefficient (Wildman–Crippen LogP) is 2.68. The largest absolute Gasteiger partial charge is 0.490 e. The molecule has 3 atom stereocenters. The molecule has 37 heavy (non-hydrogen) atoms. The Bertz CT molecular complexity index is 1310. The highest BCUT2D eigenvalue weighted by Crippen LogP contribution is 2.23. The Morgan fingerprint density at radius 3 is 2.62 bits per heavy atom. The maximum absolute atomic E-state index is 13.6. The lowest BCUT2D eigenvalue weighted by Crippen LogP contribution is -2.47. The number of carbonyl (C=O) groups is 1. The highest BCUT2D eigenvalue weighted by molar-refractivity contribution is 5.73. The summed E-state index contributed by atoms with van der Waals surface area (Å²) >= 11 is 0. The number of piperidine rings is 1. The van der Waals surface area contributed by atoms with Crippen LogP contribution in [0.1, 0.15) is 24.8 Å². The lowest BCUT2D eigenvalue weighted by molar-refractivity contribution is -0.192. The summed E-state index contributed by atoms with van der Waals surface area (Å²) in [6.45, 7) is 2.62. The molecule has 13 heteroatoms. The van der Waals surface area contributed by atoms with E-state index in [0.717, 1.165) is 18.5 Å². The van der Waals surface area contributed by atoms with Crippen LogP contribution in [0.15, 0.2) is 47.5 Å². The van der Waals surface area contributed by atoms with Crippen molar-refractivity contribution in [3.8, 4) is 11.1 Å². The summed E-state index contributed by atoms with van der Waals surface area (Å²) in [5.74, 6) is -3.11. The molecule has 9 nitrogen and oxygen atoms in total. The number of rotatable bonds is 5. The molecule has 1 saturated heterocycles. The Hall–Kier alpha value is -3.55. The van der Waals surface area contributed by atoms with Crippen LogP contribution >= 0.6 is 0 Å². The molecule has 4 rings (SSSR count). The van der Waals surface area contributed by atoms with Crippen molar-refractivity contribution < 1.29 is 37.7 Å². The van der Waals surface area contributed by atoms with Gasteiger partial charge in [-0.2, -0.15) is 13.2 Å². The number of anilines is 1. The molecule has 0 radical (unpaired) electrons. The second-order valence-electron chi connectivity index (χ2n) is 8.56. The number of carboxylic acids is 1. The van der Waals surface area contributed by atoms with Gasteiger partial charge in [0.25, 0.3) is 5.56 Å². The van der Waals surface area contributed by atoms with Crippen molar-refractivity contribution in [2.24, 2.45) is 0 Å². The Labute approximate surface area is 208 Å². The Morgan fingerprint density at radius 1 is 1.30 bits per heavy atom. The highest BCUT2D eigenvalue weighted by Gasteiger charge is 2.38. The Balaban J connectivity index is 0.000000479. The maximum Gasteiger partial charge on any atom is 0.490 e. The first-order valence-corrected chi connectivity index (χ1v) is 11.3. The van der Waals surface area contributed by atoms with E-state index in [-0.39, 0.29) is 29.5 Å². The van der Waals surface area contributed by atoms with E-state index in [4.69, 9.17) is 9.90 Å². The summed E-state index contributed by atoms with van der Waals surface area (Å²) in [6.07, 6.45) is -1.77. The normalized spacial score (nSPS) is 18.6. The van der Waals surface area contributed by atoms with Gasteiger partial charge in [-0.25, -0.2) is 14.2 Å². The summed E-state index contributed by atoms with van der Waals surface area (Å²) in [5, 5.41) is 33.6. The number of aliphatic hydroxyl groups is 2. The molecular formula is C24H26F4N4O5. The van der Waals surface area contributed by atoms with Crippen LogP contribution in [0.5, 0.6) is 0 Å². The van der Waals surface area contributed by atoms with E-state index in [2.05, 4.69) is 15.6 Å². The van der Waals surface area contributed by atoms with Crippen LogP contribution in [0.2, 0.25) is 0 Å². The van der Waals surface area contributed by atoms with Crippen molar-refractivity contribution in [1.29, 1.82) is 0 Å². The molecule has 2 aromatic heterocycles. The first-order valence-electron chi connectivity index (χ1n) is 11.3. The molecule has 3 aromatic rings. The number of aliphatic carboxylic acids is 1. The molecule has 0 spiro atoms. The smallest absolute Gasteiger partial charge is 0.475 e. The van der Waals surface area contributed by atoms with Crippen LogP contribution in [-0.4, -0.2) is 61.8 Å². The maximum atomic E-state index is 13.6. The number of nitrogens with zero attached hydrogens (tertiary/aromatic N) is 2. The van der Waals surface area contributed by atoms with E-state index in [9.17, 15) is 32.6 Å². The SMILES string of the molecule is Cc1cc(-c2cccc(F)c2)cn2c(=O)c(N[C@@H](O)C[C@H]3NCCC[C@@H]3O)cnc12.O=C(O)C(F)(F)F. The third kappa shape index (κ3) is 7.24. The zero-order valence-electron chi connectivity index (χ0n) is 19.7. The second kappa shape index (κ2) is 11.7. The second-order valence-corrected chi connectivity index (χ2v) is 8.56. The minimum Gasteiger partial charge on any atom is -0.475 e. The zero-order chi connectivity index (χ0) is 27.3. The van der Waals surface area contributed by atoms with Gasteiger partial charge >= 0.3 is 12.1 Å². The summed E-state index contributed by atoms with van der Waals surface area (Å²) in [6, 6.07) is 7.79. The summed E-state index contributed by atoms with van der Waals surface area (Å²) < 4.78 is 46.8. The first-order chi connectivity index (χ1) is 17.4. The zero-order valence-corrected chi connectivity index (χ0v) is 19.7. The molecule has 1 aromatic carbocycles. The van der Waals surface area contributed by atoms with Gasteiger partial charge in [0.05, 0.1) is 12.3 Å². The molecule has 0 amide bonds. The molecule has 0 aliphatic carbocycles. The van der Waals surface area contributed by atoms with Crippen molar-refractivity contribution >= 4 is 17.3 Å². The number of nitrogens with one attached hydrogen (secondary N) is 2. The van der Waals surface area contributed by atoms with Crippen molar-refractivity contribution in [2.45, 2.75) is 50.7 Å². The Morgan fingerprint density at radius 2 is 2.00 bits per heavy atom. The van der Waals surface area contributed by atoms with Crippen molar-refractivity contribution in [2.75, 3.05) is 11.9 Å². The van der Waals surface area contributed by atoms with E-state index in [0.29, 0.717) is 23.2 Å². The fraction of sp³-hybridized carbons (Fsp3) is 0.375. The number of alkyl halides is 3. The number of pyridine rings is 1. The first kappa shape index (κ1) is 28.0. The quantitative estimate of drug-likeness (QED) is 0.253. The van der Waals surface area contributed by atoms with E-state index >= 15 is 0 Å². The number of aromatic nitrogens is 2. The van der Waals surface area contributed by atoms with Crippen LogP contribution in [0.4, 0.5) is 23.2 Å². The molecular weight excluding hydrogens is 500 g/mol. The third-order valence-electron chi connectivity index (χ3n) is 5.73. The van der Waals surface area contributed by atoms with Crippen LogP contribution in [-0.2, 0) is 4.79 Å². The lowest BCUT2D eigenvalue weighted by Gasteiger charge is -2.30. The molecule has 1 aliphatic rings. The summed E-state index contributed by atoms with van der Waals surface area (Å²) in [7, 11) is 0. The molecule has 5 N–H and O–H groups in total. The number of hydrogen-bond donors (Lipinski definition) is 5. The van der Waals surface area contributed by atoms with Crippen LogP contribution in [0.25, 0.3) is 16.8 Å². The number of aryl methyl sites for hydroxylation is 1. The molecule has 0 saturated carbocycles. The van der Waals surface area contributed by atoms with Gasteiger partial charge in [-0.1, -0.05) is 12.1 Å². The lowest BCUT2D eigenvalue weighted by atomic mass is 9.98. The number of halogens is 4. The standard InChI is InChI=1S/C22H25FN4O3.C2HF3O2/c1-13-8-15(14-4-2-5-16(23)9-14)12-27-21(13)25-11-18(22(27)30)26-20(29)10-17-19(28)6-3-7-24-17;3-2(4,5)1(6)7/h2,4-5,8-9,11-12,17,19-20,24,26,28-29H,3,6-7,10H2,1H3;(H,6,7)/t17-,19+,20+;/m1./s1. The Kier molecular flexibility index (Phi) is 8.84. The molecule has 0 unspecified atom stereocenters. The van der Waals surface area contributed by atoms with Gasteiger partial charge in [0.2, 0.25) is 0 Å². The molecule has 1 aliphatic heterocycles. The number of hydrogen-bond acceptors (Lipinski definition) is 7. The highest BCUT2D eigenvalue weighted by atomic mass is 19.4. The average molecular weight is 526 g/mol. The molecule has 0 bridgehead atoms. The molecule has 1 fully saturated rings. The molecule has 200 valence electrons. The van der Waals surface area contributed by atoms with E-state index in [1.807, 2.05) is 13.0 Å². The fourth-order valence-corrected chi connectivity index (χ4v) is 3.93. The summed E-state index contributed by atoms with van der Waals surface area (Å²) in [5.41, 5.74) is 2.40. The topological polar surface area (TPSA) is 136 Å². The van der Waals surface area contributed by atoms with Crippen LogP contribution in [0.3, 0.4) is 0 Å². The number of benzene rings is 1. The van der Waals surface area contributed by atoms with Crippen molar-refractivity contribution in [3.05, 3.63) is 64.5 Å². The minimum atomic E-state index is -5.08. The third-order valence-corrected chi connectivity index (χ3v) is 5.73. The van der Waals surface area contributed by atoms with E-state index in [1.54, 1.807) is 18.3 Å². The van der Waals surface area contributed by atoms with Crippen LogP contribution in [0, 0.1) is 12.7 Å². The fourth-order valence-electron chi connectivity index (χ4n) is 3.93. The number of carboxylic acid groups (broad SMARTS) is 1. The van der Waals surface area contributed by atoms with Gasteiger partial charge in [0, 0.05) is 18.7 Å². The van der Waals surface area contributed by atoms with Crippen molar-refractivity contribution in [3.63, 3.8) is 0 Å². The van der Waals surface area contributed by atoms with Gasteiger partial charge < -0.3 is 26.0 Å². The van der Waals surface area contributed by atoms with Gasteiger partial charge in [0.15, 0.2) is 0 Å². The van der Waals surface area contributed by atoms with Gasteiger partial charge in [-0.05, 0) is 61.2 Å². The van der Waals surface area contributed by atoms with E-state index < -0.39 is 24.5 Å². The predicted molar refractivity (Wildman–Crippen MR) is 127 cm³/mol. The van der Waals surface area contributed by atoms with Gasteiger partial charge in [0.1, 0.15) is 23.4 Å². The number of fused-ring (bicyclic) bond motifs is 1. The van der Waals surface area contributed by atoms with E-state index in [1.165, 1.54) is 22.7 Å².